The summed E-state index contributed by atoms with van der Waals surface area (Å²) in [5.41, 5.74) is 1.47. The largest absolute Gasteiger partial charge is 0.307 e. The summed E-state index contributed by atoms with van der Waals surface area (Å²) in [5, 5.41) is 8.16. The maximum Gasteiger partial charge on any atom is 0.0676 e. The van der Waals surface area contributed by atoms with Crippen molar-refractivity contribution in [1.82, 2.24) is 20.0 Å². The third kappa shape index (κ3) is 2.91. The topological polar surface area (TPSA) is 33.1 Å². The van der Waals surface area contributed by atoms with Crippen molar-refractivity contribution in [2.24, 2.45) is 7.05 Å². The summed E-state index contributed by atoms with van der Waals surface area (Å²) in [6.07, 6.45) is 6.90. The van der Waals surface area contributed by atoms with E-state index in [4.69, 9.17) is 0 Å². The molecule has 1 N–H and O–H groups in total. The highest BCUT2D eigenvalue weighted by atomic mass is 15.3. The lowest BCUT2D eigenvalue weighted by Crippen LogP contribution is -2.54. The van der Waals surface area contributed by atoms with E-state index in [-0.39, 0.29) is 5.54 Å². The molecule has 1 aromatic rings. The van der Waals surface area contributed by atoms with Crippen molar-refractivity contribution in [2.45, 2.75) is 58.0 Å². The average Bonchev–Trinajstić information content (AvgIpc) is 3.11. The zero-order chi connectivity index (χ0) is 14.6. The molecule has 1 aromatic heterocycles. The molecule has 20 heavy (non-hydrogen) atoms. The van der Waals surface area contributed by atoms with Crippen LogP contribution in [0.1, 0.15) is 58.2 Å². The fraction of sp³-hybridized carbons (Fsp3) is 0.812. The number of aromatic nitrogens is 2. The van der Waals surface area contributed by atoms with Crippen molar-refractivity contribution in [2.75, 3.05) is 19.6 Å². The third-order valence-electron chi connectivity index (χ3n) is 4.92. The number of likely N-dealkylation sites (tertiary alicyclic amines) is 1. The van der Waals surface area contributed by atoms with Gasteiger partial charge in [0.15, 0.2) is 0 Å². The van der Waals surface area contributed by atoms with E-state index in [1.54, 1.807) is 0 Å². The van der Waals surface area contributed by atoms with Gasteiger partial charge in [-0.15, -0.1) is 0 Å². The smallest absolute Gasteiger partial charge is 0.0676 e. The van der Waals surface area contributed by atoms with E-state index >= 15 is 0 Å². The van der Waals surface area contributed by atoms with Gasteiger partial charge in [-0.3, -0.25) is 9.58 Å². The summed E-state index contributed by atoms with van der Waals surface area (Å²) in [6.45, 7) is 10.5. The maximum absolute atomic E-state index is 4.38. The molecule has 0 saturated carbocycles. The van der Waals surface area contributed by atoms with Crippen LogP contribution in [0.15, 0.2) is 12.3 Å². The molecule has 0 spiro atoms. The molecule has 0 aromatic carbocycles. The molecule has 1 aliphatic rings. The first kappa shape index (κ1) is 15.5. The number of rotatable bonds is 7. The van der Waals surface area contributed by atoms with Gasteiger partial charge < -0.3 is 5.32 Å². The maximum atomic E-state index is 4.38. The summed E-state index contributed by atoms with van der Waals surface area (Å²) < 4.78 is 2.03. The van der Waals surface area contributed by atoms with Crippen LogP contribution >= 0.6 is 0 Å². The second-order valence-electron chi connectivity index (χ2n) is 6.17. The minimum atomic E-state index is 0.166. The summed E-state index contributed by atoms with van der Waals surface area (Å²) >= 11 is 0. The Morgan fingerprint density at radius 3 is 2.55 bits per heavy atom. The molecular formula is C16H30N4. The first-order chi connectivity index (χ1) is 9.63. The van der Waals surface area contributed by atoms with Gasteiger partial charge in [0.05, 0.1) is 11.7 Å². The van der Waals surface area contributed by atoms with Crippen molar-refractivity contribution < 1.29 is 0 Å². The van der Waals surface area contributed by atoms with Gasteiger partial charge in [-0.2, -0.15) is 5.10 Å². The quantitative estimate of drug-likeness (QED) is 0.832. The van der Waals surface area contributed by atoms with Crippen molar-refractivity contribution in [3.63, 3.8) is 0 Å². The minimum absolute atomic E-state index is 0.166. The highest BCUT2D eigenvalue weighted by Crippen LogP contribution is 2.36. The van der Waals surface area contributed by atoms with Crippen molar-refractivity contribution in [3.8, 4) is 0 Å². The Morgan fingerprint density at radius 2 is 2.05 bits per heavy atom. The molecule has 2 rings (SSSR count). The molecule has 114 valence electrons. The Balaban J connectivity index is 2.30. The normalized spacial score (nSPS) is 21.0. The van der Waals surface area contributed by atoms with E-state index in [0.29, 0.717) is 6.04 Å². The molecule has 1 fully saturated rings. The van der Waals surface area contributed by atoms with Crippen LogP contribution in [-0.4, -0.2) is 39.9 Å². The van der Waals surface area contributed by atoms with Crippen LogP contribution in [0.5, 0.6) is 0 Å². The Hall–Kier alpha value is -0.870. The molecule has 1 saturated heterocycles. The summed E-state index contributed by atoms with van der Waals surface area (Å²) in [4.78, 5) is 2.67. The van der Waals surface area contributed by atoms with E-state index in [1.165, 1.54) is 31.6 Å². The number of nitrogens with zero attached hydrogens (tertiary/aromatic N) is 3. The Labute approximate surface area is 123 Å². The molecule has 2 heterocycles. The fourth-order valence-electron chi connectivity index (χ4n) is 3.44. The predicted molar refractivity (Wildman–Crippen MR) is 83.7 cm³/mol. The lowest BCUT2D eigenvalue weighted by Gasteiger charge is -2.45. The zero-order valence-electron chi connectivity index (χ0n) is 13.5. The number of aryl methyl sites for hydroxylation is 1. The summed E-state index contributed by atoms with van der Waals surface area (Å²) in [5.74, 6) is 0. The van der Waals surface area contributed by atoms with Gasteiger partial charge in [0.2, 0.25) is 0 Å². The SMILES string of the molecule is CCCNC(c1ccnn1C)C(C)(CC)N1CCCC1. The van der Waals surface area contributed by atoms with Crippen LogP contribution in [-0.2, 0) is 7.05 Å². The molecule has 0 aliphatic carbocycles. The highest BCUT2D eigenvalue weighted by molar-refractivity contribution is 5.15. The van der Waals surface area contributed by atoms with Crippen LogP contribution in [0.2, 0.25) is 0 Å². The Kier molecular flexibility index (Phi) is 5.22. The van der Waals surface area contributed by atoms with Crippen LogP contribution < -0.4 is 5.32 Å². The molecule has 0 radical (unpaired) electrons. The van der Waals surface area contributed by atoms with E-state index in [0.717, 1.165) is 19.4 Å². The standard InChI is InChI=1S/C16H30N4/c1-5-10-17-15(14-9-11-18-19(14)4)16(3,6-2)20-12-7-8-13-20/h9,11,15,17H,5-8,10,12-13H2,1-4H3. The lowest BCUT2D eigenvalue weighted by atomic mass is 9.85. The van der Waals surface area contributed by atoms with Crippen LogP contribution in [0, 0.1) is 0 Å². The lowest BCUT2D eigenvalue weighted by molar-refractivity contribution is 0.0806. The van der Waals surface area contributed by atoms with E-state index in [2.05, 4.69) is 49.2 Å². The molecule has 2 atom stereocenters. The van der Waals surface area contributed by atoms with Crippen molar-refractivity contribution in [1.29, 1.82) is 0 Å². The van der Waals surface area contributed by atoms with Gasteiger partial charge in [0.25, 0.3) is 0 Å². The van der Waals surface area contributed by atoms with Crippen LogP contribution in [0.3, 0.4) is 0 Å². The van der Waals surface area contributed by atoms with E-state index in [9.17, 15) is 0 Å². The van der Waals surface area contributed by atoms with Gasteiger partial charge in [0, 0.05) is 18.8 Å². The second-order valence-corrected chi connectivity index (χ2v) is 6.17. The molecule has 4 nitrogen and oxygen atoms in total. The summed E-state index contributed by atoms with van der Waals surface area (Å²) in [6, 6.07) is 2.51. The summed E-state index contributed by atoms with van der Waals surface area (Å²) in [7, 11) is 2.05. The minimum Gasteiger partial charge on any atom is -0.307 e. The van der Waals surface area contributed by atoms with Gasteiger partial charge in [-0.05, 0) is 58.3 Å². The molecule has 4 heteroatoms. The molecule has 0 amide bonds. The second kappa shape index (κ2) is 6.72. The molecular weight excluding hydrogens is 248 g/mol. The fourth-order valence-corrected chi connectivity index (χ4v) is 3.44. The van der Waals surface area contributed by atoms with E-state index in [1.807, 2.05) is 10.9 Å². The van der Waals surface area contributed by atoms with Gasteiger partial charge in [-0.1, -0.05) is 13.8 Å². The molecule has 0 bridgehead atoms. The highest BCUT2D eigenvalue weighted by Gasteiger charge is 2.41. The number of nitrogens with one attached hydrogen (secondary N) is 1. The predicted octanol–water partition coefficient (Wildman–Crippen LogP) is 2.73. The Bertz CT molecular complexity index is 408. The van der Waals surface area contributed by atoms with Gasteiger partial charge >= 0.3 is 0 Å². The van der Waals surface area contributed by atoms with Crippen molar-refractivity contribution in [3.05, 3.63) is 18.0 Å². The monoisotopic (exact) mass is 278 g/mol. The third-order valence-corrected chi connectivity index (χ3v) is 4.92. The number of hydrogen-bond donors (Lipinski definition) is 1. The average molecular weight is 278 g/mol. The first-order valence-electron chi connectivity index (χ1n) is 8.09. The number of hydrogen-bond acceptors (Lipinski definition) is 3. The zero-order valence-corrected chi connectivity index (χ0v) is 13.5. The van der Waals surface area contributed by atoms with Gasteiger partial charge in [0.1, 0.15) is 0 Å². The Morgan fingerprint density at radius 1 is 1.35 bits per heavy atom. The van der Waals surface area contributed by atoms with Crippen LogP contribution in [0.4, 0.5) is 0 Å². The molecule has 2 unspecified atom stereocenters. The van der Waals surface area contributed by atoms with Gasteiger partial charge in [-0.25, -0.2) is 0 Å². The van der Waals surface area contributed by atoms with E-state index < -0.39 is 0 Å². The molecule has 1 aliphatic heterocycles. The first-order valence-corrected chi connectivity index (χ1v) is 8.09. The van der Waals surface area contributed by atoms with Crippen molar-refractivity contribution >= 4 is 0 Å². The van der Waals surface area contributed by atoms with Crippen LogP contribution in [0.25, 0.3) is 0 Å².